The van der Waals surface area contributed by atoms with Crippen LogP contribution in [0.3, 0.4) is 0 Å². The predicted molar refractivity (Wildman–Crippen MR) is 70.0 cm³/mol. The third kappa shape index (κ3) is 2.79. The molecule has 2 atom stereocenters. The van der Waals surface area contributed by atoms with Crippen molar-refractivity contribution in [1.29, 1.82) is 0 Å². The van der Waals surface area contributed by atoms with E-state index in [2.05, 4.69) is 0 Å². The summed E-state index contributed by atoms with van der Waals surface area (Å²) < 4.78 is 24.7. The minimum atomic E-state index is -3.33. The summed E-state index contributed by atoms with van der Waals surface area (Å²) >= 11 is 6.02. The standard InChI is InChI=1S/C13H13ClO2S/c14-11-6-4-5-9-13(10-11)17(15,16)12-7-2-1-3-8-12/h1-9,11,13H,10H2/t11-,13+/m1/s1. The number of hydrogen-bond donors (Lipinski definition) is 0. The Kier molecular flexibility index (Phi) is 3.69. The molecule has 4 heteroatoms. The van der Waals surface area contributed by atoms with Crippen LogP contribution in [-0.4, -0.2) is 19.0 Å². The van der Waals surface area contributed by atoms with Crippen molar-refractivity contribution in [2.24, 2.45) is 0 Å². The van der Waals surface area contributed by atoms with Gasteiger partial charge in [0.25, 0.3) is 0 Å². The fourth-order valence-corrected chi connectivity index (χ4v) is 3.79. The van der Waals surface area contributed by atoms with Crippen molar-refractivity contribution >= 4 is 21.4 Å². The molecule has 0 aromatic heterocycles. The Morgan fingerprint density at radius 3 is 2.41 bits per heavy atom. The second kappa shape index (κ2) is 5.07. The summed E-state index contributed by atoms with van der Waals surface area (Å²) in [5, 5.41) is -0.795. The quantitative estimate of drug-likeness (QED) is 0.773. The van der Waals surface area contributed by atoms with Gasteiger partial charge in [0.05, 0.1) is 15.5 Å². The lowest BCUT2D eigenvalue weighted by Crippen LogP contribution is -2.21. The number of alkyl halides is 1. The maximum atomic E-state index is 12.3. The van der Waals surface area contributed by atoms with Gasteiger partial charge in [0, 0.05) is 0 Å². The monoisotopic (exact) mass is 268 g/mol. The first-order valence-electron chi connectivity index (χ1n) is 5.39. The van der Waals surface area contributed by atoms with Crippen molar-refractivity contribution in [3.63, 3.8) is 0 Å². The first-order valence-corrected chi connectivity index (χ1v) is 7.37. The average molecular weight is 269 g/mol. The van der Waals surface area contributed by atoms with Gasteiger partial charge >= 0.3 is 0 Å². The Balaban J connectivity index is 2.34. The zero-order valence-corrected chi connectivity index (χ0v) is 10.7. The Hall–Kier alpha value is -1.06. The molecular formula is C13H13ClO2S. The van der Waals surface area contributed by atoms with Gasteiger partial charge in [0.1, 0.15) is 0 Å². The lowest BCUT2D eigenvalue weighted by molar-refractivity contribution is 0.585. The minimum Gasteiger partial charge on any atom is -0.223 e. The normalized spacial score (nSPS) is 24.5. The molecule has 0 fully saturated rings. The highest BCUT2D eigenvalue weighted by molar-refractivity contribution is 7.92. The molecule has 0 saturated carbocycles. The Labute approximate surface area is 107 Å². The Bertz CT molecular complexity index is 532. The van der Waals surface area contributed by atoms with E-state index in [1.165, 1.54) is 0 Å². The molecule has 0 spiro atoms. The molecule has 17 heavy (non-hydrogen) atoms. The third-order valence-electron chi connectivity index (χ3n) is 2.68. The maximum absolute atomic E-state index is 12.3. The van der Waals surface area contributed by atoms with E-state index < -0.39 is 15.1 Å². The highest BCUT2D eigenvalue weighted by Gasteiger charge is 2.27. The van der Waals surface area contributed by atoms with Crippen molar-refractivity contribution in [1.82, 2.24) is 0 Å². The van der Waals surface area contributed by atoms with Crippen molar-refractivity contribution in [2.75, 3.05) is 0 Å². The first kappa shape index (κ1) is 12.4. The Morgan fingerprint density at radius 2 is 1.71 bits per heavy atom. The van der Waals surface area contributed by atoms with Gasteiger partial charge in [-0.15, -0.1) is 11.6 Å². The molecule has 0 radical (unpaired) electrons. The lowest BCUT2D eigenvalue weighted by Gasteiger charge is -2.14. The zero-order chi connectivity index (χ0) is 12.3. The lowest BCUT2D eigenvalue weighted by atomic mass is 10.2. The van der Waals surface area contributed by atoms with Gasteiger partial charge in [-0.25, -0.2) is 8.42 Å². The fourth-order valence-electron chi connectivity index (χ4n) is 1.77. The minimum absolute atomic E-state index is 0.242. The number of hydrogen-bond acceptors (Lipinski definition) is 2. The third-order valence-corrected chi connectivity index (χ3v) is 5.08. The molecule has 0 aliphatic heterocycles. The molecule has 0 saturated heterocycles. The summed E-state index contributed by atoms with van der Waals surface area (Å²) in [5.41, 5.74) is 0. The van der Waals surface area contributed by atoms with Gasteiger partial charge in [-0.2, -0.15) is 0 Å². The molecule has 1 aliphatic carbocycles. The van der Waals surface area contributed by atoms with E-state index in [0.717, 1.165) is 0 Å². The average Bonchev–Trinajstić information content (AvgIpc) is 2.55. The van der Waals surface area contributed by atoms with Gasteiger partial charge in [0.15, 0.2) is 9.84 Å². The van der Waals surface area contributed by atoms with Crippen molar-refractivity contribution in [3.05, 3.63) is 54.6 Å². The summed E-state index contributed by atoms with van der Waals surface area (Å²) in [7, 11) is -3.33. The smallest absolute Gasteiger partial charge is 0.184 e. The van der Waals surface area contributed by atoms with Gasteiger partial charge in [-0.3, -0.25) is 0 Å². The molecule has 1 aromatic rings. The predicted octanol–water partition coefficient (Wildman–Crippen LogP) is 2.95. The van der Waals surface area contributed by atoms with Gasteiger partial charge in [0.2, 0.25) is 0 Å². The number of halogens is 1. The summed E-state index contributed by atoms with van der Waals surface area (Å²) in [6.07, 6.45) is 7.44. The molecule has 2 nitrogen and oxygen atoms in total. The Morgan fingerprint density at radius 1 is 1.06 bits per heavy atom. The molecule has 1 aromatic carbocycles. The van der Waals surface area contributed by atoms with E-state index in [0.29, 0.717) is 11.3 Å². The van der Waals surface area contributed by atoms with Crippen LogP contribution in [0.1, 0.15) is 6.42 Å². The first-order chi connectivity index (χ1) is 8.10. The van der Waals surface area contributed by atoms with E-state index in [1.807, 2.05) is 0 Å². The van der Waals surface area contributed by atoms with Crippen LogP contribution < -0.4 is 0 Å². The van der Waals surface area contributed by atoms with Gasteiger partial charge in [-0.1, -0.05) is 42.5 Å². The van der Waals surface area contributed by atoms with Crippen LogP contribution >= 0.6 is 11.6 Å². The topological polar surface area (TPSA) is 34.1 Å². The number of allylic oxidation sites excluding steroid dienone is 3. The molecule has 0 unspecified atom stereocenters. The summed E-state index contributed by atoms with van der Waals surface area (Å²) in [6.45, 7) is 0. The van der Waals surface area contributed by atoms with Crippen LogP contribution in [0.25, 0.3) is 0 Å². The van der Waals surface area contributed by atoms with Crippen molar-refractivity contribution < 1.29 is 8.42 Å². The van der Waals surface area contributed by atoms with E-state index in [-0.39, 0.29) is 5.38 Å². The number of rotatable bonds is 2. The molecule has 2 rings (SSSR count). The van der Waals surface area contributed by atoms with Gasteiger partial charge in [-0.05, 0) is 18.6 Å². The molecule has 0 N–H and O–H groups in total. The SMILES string of the molecule is O=S(=O)(c1ccccc1)[C@H]1C=CC=C[C@@H](Cl)C1. The zero-order valence-electron chi connectivity index (χ0n) is 9.16. The van der Waals surface area contributed by atoms with Crippen molar-refractivity contribution in [2.45, 2.75) is 21.9 Å². The highest BCUT2D eigenvalue weighted by atomic mass is 35.5. The molecule has 0 bridgehead atoms. The number of sulfone groups is 1. The maximum Gasteiger partial charge on any atom is 0.184 e. The van der Waals surface area contributed by atoms with E-state index in [1.54, 1.807) is 54.6 Å². The summed E-state index contributed by atoms with van der Waals surface area (Å²) in [4.78, 5) is 0.348. The highest BCUT2D eigenvalue weighted by Crippen LogP contribution is 2.24. The van der Waals surface area contributed by atoms with Crippen LogP contribution in [0, 0.1) is 0 Å². The summed E-state index contributed by atoms with van der Waals surface area (Å²) in [6, 6.07) is 8.48. The largest absolute Gasteiger partial charge is 0.223 e. The van der Waals surface area contributed by atoms with E-state index in [9.17, 15) is 8.42 Å². The van der Waals surface area contributed by atoms with E-state index in [4.69, 9.17) is 11.6 Å². The van der Waals surface area contributed by atoms with Crippen LogP contribution in [0.2, 0.25) is 0 Å². The molecule has 90 valence electrons. The molecule has 0 amide bonds. The van der Waals surface area contributed by atoms with Crippen LogP contribution in [-0.2, 0) is 9.84 Å². The van der Waals surface area contributed by atoms with Gasteiger partial charge < -0.3 is 0 Å². The van der Waals surface area contributed by atoms with Crippen LogP contribution in [0.5, 0.6) is 0 Å². The molecule has 0 heterocycles. The summed E-state index contributed by atoms with van der Waals surface area (Å²) in [5.74, 6) is 0. The second-order valence-electron chi connectivity index (χ2n) is 3.92. The second-order valence-corrected chi connectivity index (χ2v) is 6.65. The van der Waals surface area contributed by atoms with Crippen molar-refractivity contribution in [3.8, 4) is 0 Å². The van der Waals surface area contributed by atoms with Crippen LogP contribution in [0.15, 0.2) is 59.5 Å². The fraction of sp³-hybridized carbons (Fsp3) is 0.231. The van der Waals surface area contributed by atoms with Crippen LogP contribution in [0.4, 0.5) is 0 Å². The molecular weight excluding hydrogens is 256 g/mol. The van der Waals surface area contributed by atoms with E-state index >= 15 is 0 Å². The molecule has 1 aliphatic rings. The number of benzene rings is 1.